The maximum atomic E-state index is 13.9. The molecule has 0 aliphatic rings. The summed E-state index contributed by atoms with van der Waals surface area (Å²) in [6.07, 6.45) is 0.738. The average molecular weight is 602 g/mol. The molecule has 2 N–H and O–H groups in total. The summed E-state index contributed by atoms with van der Waals surface area (Å²) in [7, 11) is 0. The van der Waals surface area contributed by atoms with Crippen molar-refractivity contribution in [2.45, 2.75) is 17.2 Å². The Morgan fingerprint density at radius 3 is 2.14 bits per heavy atom. The molecule has 0 unspecified atom stereocenters. The number of rotatable bonds is 6. The Morgan fingerprint density at radius 2 is 1.57 bits per heavy atom. The molecule has 2 aromatic carbocycles. The Hall–Kier alpha value is -1.87. The molecule has 0 aliphatic heterocycles. The van der Waals surface area contributed by atoms with Crippen LogP contribution in [0.4, 0.5) is 20.3 Å². The molecule has 184 valence electrons. The van der Waals surface area contributed by atoms with E-state index < -0.39 is 39.5 Å². The SMILES string of the molecule is CC(Cl)(Cl)[C@H](C(=O)Nc1ccc(Cl)c(C(=O)Nc2ncc(F)cc2F)c1)c1cc(Cl)c(Cl)c(Cl)c1. The van der Waals surface area contributed by atoms with E-state index in [1.807, 2.05) is 0 Å². The van der Waals surface area contributed by atoms with E-state index in [9.17, 15) is 18.4 Å². The van der Waals surface area contributed by atoms with E-state index in [0.717, 1.165) is 6.20 Å². The standard InChI is InChI=1S/C22H13Cl6F2N3O2/c1-22(27,28)17(9-4-14(24)18(26)15(25)5-9)21(35)32-11-2-3-13(23)12(7-11)20(34)33-19-16(30)6-10(29)8-31-19/h2-8,17H,1H3,(H,32,35)(H,31,33,34)/t17-/m0/s1. The van der Waals surface area contributed by atoms with E-state index in [1.54, 1.807) is 0 Å². The highest BCUT2D eigenvalue weighted by atomic mass is 35.5. The number of nitrogens with zero attached hydrogens (tertiary/aromatic N) is 1. The lowest BCUT2D eigenvalue weighted by molar-refractivity contribution is -0.117. The predicted molar refractivity (Wildman–Crippen MR) is 137 cm³/mol. The third kappa shape index (κ3) is 6.67. The zero-order chi connectivity index (χ0) is 26.1. The molecule has 1 atom stereocenters. The molecule has 0 saturated carbocycles. The van der Waals surface area contributed by atoms with Crippen LogP contribution in [0.5, 0.6) is 0 Å². The molecule has 2 amide bonds. The minimum atomic E-state index is -1.61. The molecule has 1 aromatic heterocycles. The zero-order valence-corrected chi connectivity index (χ0v) is 21.9. The second-order valence-corrected chi connectivity index (χ2v) is 10.7. The molecule has 0 radical (unpaired) electrons. The molecule has 0 bridgehead atoms. The Labute approximate surface area is 228 Å². The number of hydrogen-bond acceptors (Lipinski definition) is 3. The first kappa shape index (κ1) is 27.7. The van der Waals surface area contributed by atoms with Gasteiger partial charge in [0.1, 0.15) is 10.2 Å². The first-order valence-electron chi connectivity index (χ1n) is 9.53. The van der Waals surface area contributed by atoms with Crippen molar-refractivity contribution in [3.05, 3.63) is 85.4 Å². The van der Waals surface area contributed by atoms with Crippen molar-refractivity contribution in [1.82, 2.24) is 4.98 Å². The molecule has 0 fully saturated rings. The van der Waals surface area contributed by atoms with Gasteiger partial charge in [0.2, 0.25) is 5.91 Å². The van der Waals surface area contributed by atoms with E-state index in [4.69, 9.17) is 69.6 Å². The van der Waals surface area contributed by atoms with Crippen molar-refractivity contribution >= 4 is 92.9 Å². The van der Waals surface area contributed by atoms with E-state index in [-0.39, 0.29) is 31.3 Å². The summed E-state index contributed by atoms with van der Waals surface area (Å²) in [5, 5.41) is 5.08. The molecule has 1 heterocycles. The molecule has 13 heteroatoms. The Bertz CT molecular complexity index is 1290. The van der Waals surface area contributed by atoms with Crippen LogP contribution in [0.25, 0.3) is 0 Å². The molecule has 0 aliphatic carbocycles. The van der Waals surface area contributed by atoms with E-state index in [0.29, 0.717) is 11.6 Å². The lowest BCUT2D eigenvalue weighted by atomic mass is 9.94. The third-order valence-electron chi connectivity index (χ3n) is 4.63. The Kier molecular flexibility index (Phi) is 8.73. The highest BCUT2D eigenvalue weighted by molar-refractivity contribution is 6.50. The summed E-state index contributed by atoms with van der Waals surface area (Å²) < 4.78 is 25.3. The number of pyridine rings is 1. The highest BCUT2D eigenvalue weighted by Crippen LogP contribution is 2.42. The number of hydrogen-bond donors (Lipinski definition) is 2. The smallest absolute Gasteiger partial charge is 0.258 e. The second kappa shape index (κ2) is 11.0. The van der Waals surface area contributed by atoms with Gasteiger partial charge in [-0.3, -0.25) is 9.59 Å². The lowest BCUT2D eigenvalue weighted by Gasteiger charge is -2.26. The van der Waals surface area contributed by atoms with Crippen LogP contribution >= 0.6 is 69.6 Å². The monoisotopic (exact) mass is 599 g/mol. The van der Waals surface area contributed by atoms with Gasteiger partial charge in [0.25, 0.3) is 5.91 Å². The van der Waals surface area contributed by atoms with Gasteiger partial charge in [-0.2, -0.15) is 0 Å². The number of anilines is 2. The normalized spacial score (nSPS) is 12.3. The fourth-order valence-electron chi connectivity index (χ4n) is 3.09. The summed E-state index contributed by atoms with van der Waals surface area (Å²) >= 11 is 36.9. The van der Waals surface area contributed by atoms with Gasteiger partial charge in [-0.1, -0.05) is 46.4 Å². The van der Waals surface area contributed by atoms with Gasteiger partial charge in [0, 0.05) is 11.8 Å². The number of halogens is 8. The molecule has 0 saturated heterocycles. The average Bonchev–Trinajstić information content (AvgIpc) is 2.74. The van der Waals surface area contributed by atoms with Crippen LogP contribution in [0.2, 0.25) is 20.1 Å². The van der Waals surface area contributed by atoms with Crippen molar-refractivity contribution in [3.8, 4) is 0 Å². The van der Waals surface area contributed by atoms with E-state index in [1.165, 1.54) is 37.3 Å². The van der Waals surface area contributed by atoms with Gasteiger partial charge >= 0.3 is 0 Å². The number of alkyl halides is 2. The largest absolute Gasteiger partial charge is 0.325 e. The summed E-state index contributed by atoms with van der Waals surface area (Å²) in [6, 6.07) is 7.39. The fraction of sp³-hybridized carbons (Fsp3) is 0.136. The van der Waals surface area contributed by atoms with Gasteiger partial charge in [0.05, 0.1) is 37.8 Å². The van der Waals surface area contributed by atoms with Crippen molar-refractivity contribution < 1.29 is 18.4 Å². The summed E-state index contributed by atoms with van der Waals surface area (Å²) in [6.45, 7) is 1.40. The van der Waals surface area contributed by atoms with Crippen LogP contribution in [-0.4, -0.2) is 21.1 Å². The summed E-state index contributed by atoms with van der Waals surface area (Å²) in [5.74, 6) is -5.16. The van der Waals surface area contributed by atoms with Gasteiger partial charge in [-0.25, -0.2) is 13.8 Å². The third-order valence-corrected chi connectivity index (χ3v) is 6.59. The fourth-order valence-corrected chi connectivity index (χ4v) is 4.36. The molecule has 35 heavy (non-hydrogen) atoms. The number of carbonyl (C=O) groups is 2. The van der Waals surface area contributed by atoms with Gasteiger partial charge in [-0.05, 0) is 42.8 Å². The molecule has 3 aromatic rings. The van der Waals surface area contributed by atoms with Gasteiger partial charge in [0.15, 0.2) is 11.6 Å². The molecule has 0 spiro atoms. The van der Waals surface area contributed by atoms with Crippen LogP contribution in [-0.2, 0) is 4.79 Å². The summed E-state index contributed by atoms with van der Waals surface area (Å²) in [4.78, 5) is 29.3. The minimum absolute atomic E-state index is 0.00430. The Balaban J connectivity index is 1.89. The van der Waals surface area contributed by atoms with Crippen molar-refractivity contribution in [3.63, 3.8) is 0 Å². The first-order chi connectivity index (χ1) is 16.3. The van der Waals surface area contributed by atoms with Crippen LogP contribution in [0.3, 0.4) is 0 Å². The summed E-state index contributed by atoms with van der Waals surface area (Å²) in [5.41, 5.74) is 0.314. The number of benzene rings is 2. The van der Waals surface area contributed by atoms with Gasteiger partial charge in [-0.15, -0.1) is 23.2 Å². The minimum Gasteiger partial charge on any atom is -0.325 e. The zero-order valence-electron chi connectivity index (χ0n) is 17.4. The van der Waals surface area contributed by atoms with E-state index >= 15 is 0 Å². The van der Waals surface area contributed by atoms with Crippen LogP contribution in [0.15, 0.2) is 42.6 Å². The lowest BCUT2D eigenvalue weighted by Crippen LogP contribution is -2.32. The number of nitrogens with one attached hydrogen (secondary N) is 2. The van der Waals surface area contributed by atoms with Crippen LogP contribution in [0, 0.1) is 11.6 Å². The second-order valence-electron chi connectivity index (χ2n) is 7.31. The highest BCUT2D eigenvalue weighted by Gasteiger charge is 2.38. The van der Waals surface area contributed by atoms with Crippen molar-refractivity contribution in [2.75, 3.05) is 10.6 Å². The molecular formula is C22H13Cl6F2N3O2. The maximum absolute atomic E-state index is 13.9. The Morgan fingerprint density at radius 1 is 0.943 bits per heavy atom. The number of amides is 2. The van der Waals surface area contributed by atoms with Crippen molar-refractivity contribution in [1.29, 1.82) is 0 Å². The molecule has 3 rings (SSSR count). The van der Waals surface area contributed by atoms with Gasteiger partial charge < -0.3 is 10.6 Å². The first-order valence-corrected chi connectivity index (χ1v) is 11.8. The topological polar surface area (TPSA) is 71.1 Å². The number of carbonyl (C=O) groups excluding carboxylic acids is 2. The van der Waals surface area contributed by atoms with E-state index in [2.05, 4.69) is 15.6 Å². The van der Waals surface area contributed by atoms with Crippen LogP contribution in [0.1, 0.15) is 28.8 Å². The molecule has 5 nitrogen and oxygen atoms in total. The predicted octanol–water partition coefficient (Wildman–Crippen LogP) is 8.14. The van der Waals surface area contributed by atoms with Crippen LogP contribution < -0.4 is 10.6 Å². The van der Waals surface area contributed by atoms with Crippen molar-refractivity contribution in [2.24, 2.45) is 0 Å². The molecular weight excluding hydrogens is 589 g/mol. The maximum Gasteiger partial charge on any atom is 0.258 e. The quantitative estimate of drug-likeness (QED) is 0.221. The number of aromatic nitrogens is 1.